The van der Waals surface area contributed by atoms with Crippen LogP contribution in [0.25, 0.3) is 10.2 Å². The van der Waals surface area contributed by atoms with Crippen molar-refractivity contribution in [1.29, 1.82) is 0 Å². The van der Waals surface area contributed by atoms with Crippen molar-refractivity contribution in [3.63, 3.8) is 0 Å². The summed E-state index contributed by atoms with van der Waals surface area (Å²) in [7, 11) is 3.77. The highest BCUT2D eigenvalue weighted by Crippen LogP contribution is 2.27. The predicted molar refractivity (Wildman–Crippen MR) is 84.5 cm³/mol. The fourth-order valence-electron chi connectivity index (χ4n) is 2.15. The molecule has 3 N–H and O–H groups in total. The van der Waals surface area contributed by atoms with Gasteiger partial charge in [0.1, 0.15) is 10.7 Å². The average molecular weight is 334 g/mol. The monoisotopic (exact) mass is 334 g/mol. The Hall–Kier alpha value is -2.66. The first kappa shape index (κ1) is 15.2. The fourth-order valence-corrected chi connectivity index (χ4v) is 3.25. The maximum atomic E-state index is 12.3. The second kappa shape index (κ2) is 5.85. The third-order valence-electron chi connectivity index (χ3n) is 3.09. The predicted octanol–water partition coefficient (Wildman–Crippen LogP) is 0.120. The second-order valence-electron chi connectivity index (χ2n) is 5.18. The molecular weight excluding hydrogens is 320 g/mol. The number of carbonyl (C=O) groups excluding carboxylic acids is 1. The zero-order valence-electron chi connectivity index (χ0n) is 12.7. The van der Waals surface area contributed by atoms with Gasteiger partial charge < -0.3 is 9.88 Å². The van der Waals surface area contributed by atoms with Crippen molar-refractivity contribution in [2.75, 3.05) is 19.4 Å². The summed E-state index contributed by atoms with van der Waals surface area (Å²) in [6.07, 6.45) is 0. The molecule has 0 aliphatic rings. The number of H-pyrrole nitrogens is 2. The van der Waals surface area contributed by atoms with Crippen molar-refractivity contribution < 1.29 is 4.79 Å². The Morgan fingerprint density at radius 3 is 2.83 bits per heavy atom. The number of thiophene rings is 1. The highest BCUT2D eigenvalue weighted by molar-refractivity contribution is 7.20. The standard InChI is InChI=1S/C12H14N8O2S/c1-5-7-9(21)13-6(4-20(2)3)14-11(7)23-8(5)10(22)15-12-16-18-19-17-12/h4H2,1-3H3,(H,13,14,21)(H2,15,16,17,18,19,22). The number of nitrogens with zero attached hydrogens (tertiary/aromatic N) is 5. The van der Waals surface area contributed by atoms with Crippen LogP contribution in [0.2, 0.25) is 0 Å². The van der Waals surface area contributed by atoms with E-state index >= 15 is 0 Å². The number of tetrazole rings is 1. The van der Waals surface area contributed by atoms with Crippen molar-refractivity contribution in [2.45, 2.75) is 13.5 Å². The van der Waals surface area contributed by atoms with Gasteiger partial charge in [-0.2, -0.15) is 5.21 Å². The van der Waals surface area contributed by atoms with Gasteiger partial charge in [0.25, 0.3) is 17.4 Å². The van der Waals surface area contributed by atoms with Gasteiger partial charge in [-0.25, -0.2) is 4.98 Å². The van der Waals surface area contributed by atoms with Crippen LogP contribution in [0.15, 0.2) is 4.79 Å². The summed E-state index contributed by atoms with van der Waals surface area (Å²) in [5.74, 6) is 0.223. The van der Waals surface area contributed by atoms with Crippen LogP contribution in [0.5, 0.6) is 0 Å². The Balaban J connectivity index is 2.02. The van der Waals surface area contributed by atoms with E-state index in [1.807, 2.05) is 19.0 Å². The molecule has 11 heteroatoms. The van der Waals surface area contributed by atoms with E-state index in [-0.39, 0.29) is 11.5 Å². The van der Waals surface area contributed by atoms with E-state index in [0.29, 0.717) is 33.0 Å². The number of aryl methyl sites for hydroxylation is 1. The molecule has 0 saturated carbocycles. The van der Waals surface area contributed by atoms with Crippen molar-refractivity contribution in [2.24, 2.45) is 0 Å². The summed E-state index contributed by atoms with van der Waals surface area (Å²) in [6, 6.07) is 0. The quantitative estimate of drug-likeness (QED) is 0.617. The summed E-state index contributed by atoms with van der Waals surface area (Å²) >= 11 is 1.16. The summed E-state index contributed by atoms with van der Waals surface area (Å²) < 4.78 is 0. The van der Waals surface area contributed by atoms with E-state index in [1.165, 1.54) is 0 Å². The van der Waals surface area contributed by atoms with Gasteiger partial charge in [0.15, 0.2) is 0 Å². The minimum Gasteiger partial charge on any atom is -0.309 e. The average Bonchev–Trinajstić information content (AvgIpc) is 3.06. The van der Waals surface area contributed by atoms with Crippen LogP contribution in [0.3, 0.4) is 0 Å². The summed E-state index contributed by atoms with van der Waals surface area (Å²) in [5.41, 5.74) is 0.329. The Morgan fingerprint density at radius 2 is 2.17 bits per heavy atom. The van der Waals surface area contributed by atoms with Crippen molar-refractivity contribution in [3.05, 3.63) is 26.6 Å². The van der Waals surface area contributed by atoms with Crippen molar-refractivity contribution >= 4 is 33.4 Å². The fraction of sp³-hybridized carbons (Fsp3) is 0.333. The summed E-state index contributed by atoms with van der Waals surface area (Å²) in [6.45, 7) is 2.22. The van der Waals surface area contributed by atoms with E-state index in [9.17, 15) is 9.59 Å². The Labute approximate surface area is 133 Å². The molecule has 3 aromatic rings. The molecule has 0 radical (unpaired) electrons. The molecule has 0 aromatic carbocycles. The first-order chi connectivity index (χ1) is 11.0. The molecule has 0 saturated heterocycles. The van der Waals surface area contributed by atoms with Gasteiger partial charge in [0.2, 0.25) is 0 Å². The third kappa shape index (κ3) is 2.96. The van der Waals surface area contributed by atoms with Gasteiger partial charge in [-0.1, -0.05) is 5.10 Å². The number of aromatic amines is 2. The lowest BCUT2D eigenvalue weighted by Gasteiger charge is -2.07. The van der Waals surface area contributed by atoms with Gasteiger partial charge in [-0.15, -0.1) is 16.4 Å². The lowest BCUT2D eigenvalue weighted by atomic mass is 10.2. The Kier molecular flexibility index (Phi) is 3.88. The van der Waals surface area contributed by atoms with Gasteiger partial charge in [-0.05, 0) is 31.8 Å². The normalized spacial score (nSPS) is 11.3. The molecule has 0 bridgehead atoms. The minimum atomic E-state index is -0.402. The first-order valence-electron chi connectivity index (χ1n) is 6.67. The highest BCUT2D eigenvalue weighted by Gasteiger charge is 2.20. The first-order valence-corrected chi connectivity index (χ1v) is 7.49. The number of amides is 1. The number of hydrogen-bond acceptors (Lipinski definition) is 8. The van der Waals surface area contributed by atoms with Crippen LogP contribution in [-0.2, 0) is 6.54 Å². The lowest BCUT2D eigenvalue weighted by Crippen LogP contribution is -2.18. The molecule has 120 valence electrons. The summed E-state index contributed by atoms with van der Waals surface area (Å²) in [5, 5.41) is 15.9. The molecule has 3 aromatic heterocycles. The van der Waals surface area contributed by atoms with Gasteiger partial charge in [0, 0.05) is 0 Å². The second-order valence-corrected chi connectivity index (χ2v) is 6.18. The number of nitrogens with one attached hydrogen (secondary N) is 3. The molecule has 23 heavy (non-hydrogen) atoms. The largest absolute Gasteiger partial charge is 0.309 e. The number of anilines is 1. The SMILES string of the molecule is Cc1c(C(=O)Nc2nn[nH]n2)sc2nc(CN(C)C)[nH]c(=O)c12. The highest BCUT2D eigenvalue weighted by atomic mass is 32.1. The molecule has 0 aliphatic carbocycles. The van der Waals surface area contributed by atoms with Crippen LogP contribution in [0.4, 0.5) is 5.95 Å². The molecule has 10 nitrogen and oxygen atoms in total. The van der Waals surface area contributed by atoms with Gasteiger partial charge in [-0.3, -0.25) is 14.9 Å². The molecule has 1 amide bonds. The van der Waals surface area contributed by atoms with E-state index in [0.717, 1.165) is 11.3 Å². The minimum absolute atomic E-state index is 0.0713. The number of carbonyl (C=O) groups is 1. The smallest absolute Gasteiger partial charge is 0.270 e. The van der Waals surface area contributed by atoms with E-state index in [1.54, 1.807) is 6.92 Å². The maximum absolute atomic E-state index is 12.3. The van der Waals surface area contributed by atoms with E-state index in [2.05, 4.69) is 35.9 Å². The van der Waals surface area contributed by atoms with Gasteiger partial charge in [0.05, 0.1) is 16.8 Å². The number of rotatable bonds is 4. The molecule has 0 aliphatic heterocycles. The number of fused-ring (bicyclic) bond motifs is 1. The van der Waals surface area contributed by atoms with Crippen LogP contribution in [-0.4, -0.2) is 55.5 Å². The van der Waals surface area contributed by atoms with Crippen LogP contribution in [0.1, 0.15) is 21.1 Å². The zero-order chi connectivity index (χ0) is 16.6. The van der Waals surface area contributed by atoms with Crippen molar-refractivity contribution in [1.82, 2.24) is 35.5 Å². The number of hydrogen-bond donors (Lipinski definition) is 3. The van der Waals surface area contributed by atoms with Crippen LogP contribution in [0, 0.1) is 6.92 Å². The van der Waals surface area contributed by atoms with E-state index in [4.69, 9.17) is 0 Å². The zero-order valence-corrected chi connectivity index (χ0v) is 13.5. The molecule has 0 atom stereocenters. The topological polar surface area (TPSA) is 133 Å². The number of aromatic nitrogens is 6. The van der Waals surface area contributed by atoms with E-state index < -0.39 is 5.91 Å². The molecule has 0 fully saturated rings. The Bertz CT molecular complexity index is 911. The van der Waals surface area contributed by atoms with Gasteiger partial charge >= 0.3 is 0 Å². The summed E-state index contributed by atoms with van der Waals surface area (Å²) in [4.78, 5) is 34.6. The lowest BCUT2D eigenvalue weighted by molar-refractivity contribution is 0.102. The molecule has 3 rings (SSSR count). The molecule has 0 spiro atoms. The molecule has 3 heterocycles. The van der Waals surface area contributed by atoms with Crippen LogP contribution >= 0.6 is 11.3 Å². The Morgan fingerprint density at radius 1 is 1.39 bits per heavy atom. The van der Waals surface area contributed by atoms with Crippen LogP contribution < -0.4 is 10.9 Å². The molecule has 0 unspecified atom stereocenters. The molecular formula is C12H14N8O2S. The van der Waals surface area contributed by atoms with Crippen molar-refractivity contribution in [3.8, 4) is 0 Å². The third-order valence-corrected chi connectivity index (χ3v) is 4.28. The maximum Gasteiger partial charge on any atom is 0.270 e.